The number of carbonyl (C=O) groups excluding carboxylic acids is 2. The summed E-state index contributed by atoms with van der Waals surface area (Å²) in [6, 6.07) is 13.5. The van der Waals surface area contributed by atoms with Crippen LogP contribution in [0.15, 0.2) is 48.5 Å². The fourth-order valence-corrected chi connectivity index (χ4v) is 2.45. The zero-order valence-electron chi connectivity index (χ0n) is 13.6. The summed E-state index contributed by atoms with van der Waals surface area (Å²) >= 11 is 5.89. The Morgan fingerprint density at radius 3 is 2.46 bits per heavy atom. The van der Waals surface area contributed by atoms with Gasteiger partial charge in [-0.05, 0) is 35.7 Å². The molecule has 2 N–H and O–H groups in total. The summed E-state index contributed by atoms with van der Waals surface area (Å²) in [5.41, 5.74) is 1.63. The lowest BCUT2D eigenvalue weighted by atomic mass is 10.1. The number of carbonyl (C=O) groups is 2. The summed E-state index contributed by atoms with van der Waals surface area (Å²) in [7, 11) is 0. The molecule has 0 spiro atoms. The highest BCUT2D eigenvalue weighted by molar-refractivity contribution is 6.30. The third kappa shape index (κ3) is 6.07. The molecule has 8 heteroatoms. The Kier molecular flexibility index (Phi) is 6.63. The SMILES string of the molecule is O=C(CCc1cccc(Cl)c1)Nc1ccccc1CNC(=O)C(F)(F)F. The maximum atomic E-state index is 12.3. The summed E-state index contributed by atoms with van der Waals surface area (Å²) in [6.45, 7) is -0.344. The van der Waals surface area contributed by atoms with Crippen LogP contribution in [0.1, 0.15) is 17.5 Å². The van der Waals surface area contributed by atoms with E-state index in [4.69, 9.17) is 11.6 Å². The van der Waals surface area contributed by atoms with Gasteiger partial charge >= 0.3 is 12.1 Å². The number of hydrogen-bond donors (Lipinski definition) is 2. The van der Waals surface area contributed by atoms with E-state index in [1.54, 1.807) is 41.7 Å². The van der Waals surface area contributed by atoms with Crippen molar-refractivity contribution in [1.29, 1.82) is 0 Å². The van der Waals surface area contributed by atoms with Crippen molar-refractivity contribution in [1.82, 2.24) is 5.32 Å². The highest BCUT2D eigenvalue weighted by Crippen LogP contribution is 2.18. The third-order valence-corrected chi connectivity index (χ3v) is 3.75. The van der Waals surface area contributed by atoms with Crippen molar-refractivity contribution in [2.45, 2.75) is 25.6 Å². The number of benzene rings is 2. The van der Waals surface area contributed by atoms with E-state index in [0.717, 1.165) is 5.56 Å². The van der Waals surface area contributed by atoms with Crippen molar-refractivity contribution in [2.24, 2.45) is 0 Å². The molecule has 2 aromatic carbocycles. The fourth-order valence-electron chi connectivity index (χ4n) is 2.24. The van der Waals surface area contributed by atoms with Crippen molar-refractivity contribution in [3.8, 4) is 0 Å². The van der Waals surface area contributed by atoms with E-state index in [-0.39, 0.29) is 18.9 Å². The molecular weight excluding hydrogens is 369 g/mol. The summed E-state index contributed by atoms with van der Waals surface area (Å²) in [6.07, 6.45) is -4.29. The Labute approximate surface area is 153 Å². The zero-order chi connectivity index (χ0) is 19.2. The zero-order valence-corrected chi connectivity index (χ0v) is 14.3. The van der Waals surface area contributed by atoms with Crippen LogP contribution in [0.2, 0.25) is 5.02 Å². The van der Waals surface area contributed by atoms with Gasteiger partial charge in [-0.2, -0.15) is 13.2 Å². The van der Waals surface area contributed by atoms with Gasteiger partial charge in [0.2, 0.25) is 5.91 Å². The number of alkyl halides is 3. The molecule has 0 radical (unpaired) electrons. The topological polar surface area (TPSA) is 58.2 Å². The van der Waals surface area contributed by atoms with E-state index in [1.165, 1.54) is 6.07 Å². The van der Waals surface area contributed by atoms with E-state index in [0.29, 0.717) is 22.7 Å². The summed E-state index contributed by atoms with van der Waals surface area (Å²) < 4.78 is 36.8. The van der Waals surface area contributed by atoms with Gasteiger partial charge in [-0.15, -0.1) is 0 Å². The Hall–Kier alpha value is -2.54. The lowest BCUT2D eigenvalue weighted by Crippen LogP contribution is -2.36. The van der Waals surface area contributed by atoms with Gasteiger partial charge in [0.05, 0.1) is 0 Å². The predicted octanol–water partition coefficient (Wildman–Crippen LogP) is 4.09. The van der Waals surface area contributed by atoms with E-state index < -0.39 is 12.1 Å². The van der Waals surface area contributed by atoms with Gasteiger partial charge in [-0.3, -0.25) is 9.59 Å². The number of halogens is 4. The number of hydrogen-bond acceptors (Lipinski definition) is 2. The standard InChI is InChI=1S/C18H16ClF3N2O2/c19-14-6-3-4-12(10-14)8-9-16(25)24-15-7-2-1-5-13(15)11-23-17(26)18(20,21)22/h1-7,10H,8-9,11H2,(H,23,26)(H,24,25). The van der Waals surface area contributed by atoms with Crippen LogP contribution in [0.3, 0.4) is 0 Å². The van der Waals surface area contributed by atoms with Gasteiger partial charge in [0.1, 0.15) is 0 Å². The summed E-state index contributed by atoms with van der Waals surface area (Å²) in [4.78, 5) is 23.0. The molecule has 138 valence electrons. The quantitative estimate of drug-likeness (QED) is 0.788. The van der Waals surface area contributed by atoms with Crippen LogP contribution >= 0.6 is 11.6 Å². The second kappa shape index (κ2) is 8.71. The number of amides is 2. The largest absolute Gasteiger partial charge is 0.471 e. The molecule has 0 aliphatic rings. The lowest BCUT2D eigenvalue weighted by Gasteiger charge is -2.13. The van der Waals surface area contributed by atoms with Crippen LogP contribution in [-0.2, 0) is 22.6 Å². The maximum absolute atomic E-state index is 12.3. The van der Waals surface area contributed by atoms with Gasteiger partial charge < -0.3 is 10.6 Å². The van der Waals surface area contributed by atoms with Crippen LogP contribution in [-0.4, -0.2) is 18.0 Å². The molecule has 0 unspecified atom stereocenters. The first-order chi connectivity index (χ1) is 12.3. The molecule has 0 fully saturated rings. The Balaban J connectivity index is 1.94. The molecule has 0 bridgehead atoms. The van der Waals surface area contributed by atoms with E-state index in [9.17, 15) is 22.8 Å². The molecule has 4 nitrogen and oxygen atoms in total. The molecule has 0 aliphatic heterocycles. The number of nitrogens with one attached hydrogen (secondary N) is 2. The van der Waals surface area contributed by atoms with E-state index in [1.807, 2.05) is 6.07 Å². The molecule has 0 aliphatic carbocycles. The number of para-hydroxylation sites is 1. The van der Waals surface area contributed by atoms with Crippen molar-refractivity contribution >= 4 is 29.1 Å². The highest BCUT2D eigenvalue weighted by Gasteiger charge is 2.38. The average Bonchev–Trinajstić information content (AvgIpc) is 2.58. The Morgan fingerprint density at radius 1 is 1.04 bits per heavy atom. The molecule has 0 heterocycles. The van der Waals surface area contributed by atoms with Gasteiger partial charge in [0.15, 0.2) is 0 Å². The van der Waals surface area contributed by atoms with Crippen molar-refractivity contribution in [3.63, 3.8) is 0 Å². The van der Waals surface area contributed by atoms with Crippen molar-refractivity contribution < 1.29 is 22.8 Å². The van der Waals surface area contributed by atoms with Crippen LogP contribution in [0.4, 0.5) is 18.9 Å². The summed E-state index contributed by atoms with van der Waals surface area (Å²) in [5.74, 6) is -2.32. The number of rotatable bonds is 6. The maximum Gasteiger partial charge on any atom is 0.471 e. The third-order valence-electron chi connectivity index (χ3n) is 3.52. The van der Waals surface area contributed by atoms with Crippen LogP contribution in [0, 0.1) is 0 Å². The van der Waals surface area contributed by atoms with Crippen LogP contribution in [0.25, 0.3) is 0 Å². The lowest BCUT2D eigenvalue weighted by molar-refractivity contribution is -0.173. The molecule has 2 aromatic rings. The fraction of sp³-hybridized carbons (Fsp3) is 0.222. The normalized spacial score (nSPS) is 11.1. The first-order valence-electron chi connectivity index (χ1n) is 7.73. The van der Waals surface area contributed by atoms with Gasteiger partial charge in [-0.25, -0.2) is 0 Å². The average molecular weight is 385 g/mol. The Bertz CT molecular complexity index is 794. The second-order valence-electron chi connectivity index (χ2n) is 5.52. The minimum absolute atomic E-state index is 0.184. The minimum atomic E-state index is -4.95. The first kappa shape index (κ1) is 19.8. The molecule has 0 atom stereocenters. The van der Waals surface area contributed by atoms with Crippen LogP contribution < -0.4 is 10.6 Å². The van der Waals surface area contributed by atoms with E-state index in [2.05, 4.69) is 5.32 Å². The second-order valence-corrected chi connectivity index (χ2v) is 5.95. The van der Waals surface area contributed by atoms with Gasteiger partial charge in [-0.1, -0.05) is 41.9 Å². The molecule has 0 saturated carbocycles. The number of aryl methyl sites for hydroxylation is 1. The predicted molar refractivity (Wildman–Crippen MR) is 92.7 cm³/mol. The monoisotopic (exact) mass is 384 g/mol. The molecule has 0 aromatic heterocycles. The minimum Gasteiger partial charge on any atom is -0.344 e. The van der Waals surface area contributed by atoms with Gasteiger partial charge in [0, 0.05) is 23.7 Å². The van der Waals surface area contributed by atoms with Crippen molar-refractivity contribution in [2.75, 3.05) is 5.32 Å². The van der Waals surface area contributed by atoms with Crippen LogP contribution in [0.5, 0.6) is 0 Å². The highest BCUT2D eigenvalue weighted by atomic mass is 35.5. The summed E-state index contributed by atoms with van der Waals surface area (Å²) in [5, 5.41) is 5.02. The molecular formula is C18H16ClF3N2O2. The van der Waals surface area contributed by atoms with Crippen molar-refractivity contribution in [3.05, 3.63) is 64.7 Å². The van der Waals surface area contributed by atoms with E-state index >= 15 is 0 Å². The Morgan fingerprint density at radius 2 is 1.77 bits per heavy atom. The molecule has 2 amide bonds. The number of anilines is 1. The molecule has 2 rings (SSSR count). The molecule has 0 saturated heterocycles. The smallest absolute Gasteiger partial charge is 0.344 e. The molecule has 26 heavy (non-hydrogen) atoms. The van der Waals surface area contributed by atoms with Gasteiger partial charge in [0.25, 0.3) is 0 Å². The first-order valence-corrected chi connectivity index (χ1v) is 8.11.